The minimum atomic E-state index is -0.804. The molecule has 18 heavy (non-hydrogen) atoms. The molecular weight excluding hydrogens is 260 g/mol. The number of aliphatic hydroxyl groups is 1. The van der Waals surface area contributed by atoms with E-state index in [1.165, 1.54) is 14.2 Å². The van der Waals surface area contributed by atoms with Crippen molar-refractivity contribution in [3.8, 4) is 11.5 Å². The van der Waals surface area contributed by atoms with E-state index in [4.69, 9.17) is 26.2 Å². The maximum absolute atomic E-state index is 11.3. The van der Waals surface area contributed by atoms with Gasteiger partial charge in [0.2, 0.25) is 0 Å². The van der Waals surface area contributed by atoms with Gasteiger partial charge >= 0.3 is 5.97 Å². The molecule has 1 aromatic carbocycles. The van der Waals surface area contributed by atoms with Gasteiger partial charge in [0.05, 0.1) is 25.8 Å². The molecule has 0 amide bonds. The second kappa shape index (κ2) is 6.47. The maximum Gasteiger partial charge on any atom is 0.346 e. The first-order valence-corrected chi connectivity index (χ1v) is 5.63. The Morgan fingerprint density at radius 3 is 2.61 bits per heavy atom. The van der Waals surface area contributed by atoms with Crippen molar-refractivity contribution in [3.05, 3.63) is 22.7 Å². The Morgan fingerprint density at radius 1 is 1.44 bits per heavy atom. The van der Waals surface area contributed by atoms with Gasteiger partial charge in [-0.25, -0.2) is 4.79 Å². The molecule has 100 valence electrons. The second-order valence-corrected chi connectivity index (χ2v) is 3.96. The predicted octanol–water partition coefficient (Wildman–Crippen LogP) is 1.78. The van der Waals surface area contributed by atoms with Crippen molar-refractivity contribution in [2.75, 3.05) is 14.2 Å². The molecule has 0 aliphatic heterocycles. The zero-order valence-electron chi connectivity index (χ0n) is 10.4. The maximum atomic E-state index is 11.3. The largest absolute Gasteiger partial charge is 0.493 e. The summed E-state index contributed by atoms with van der Waals surface area (Å²) in [6, 6.07) is 3.13. The van der Waals surface area contributed by atoms with Gasteiger partial charge in [-0.15, -0.1) is 0 Å². The van der Waals surface area contributed by atoms with Crippen molar-refractivity contribution in [2.24, 2.45) is 0 Å². The molecule has 5 nitrogen and oxygen atoms in total. The Bertz CT molecular complexity index is 433. The summed E-state index contributed by atoms with van der Waals surface area (Å²) in [5.41, 5.74) is 0.593. The van der Waals surface area contributed by atoms with Crippen LogP contribution >= 0.6 is 11.6 Å². The molecule has 0 saturated carbocycles. The van der Waals surface area contributed by atoms with Crippen LogP contribution in [0.15, 0.2) is 12.1 Å². The topological polar surface area (TPSA) is 65.0 Å². The lowest BCUT2D eigenvalue weighted by Gasteiger charge is -2.17. The zero-order valence-corrected chi connectivity index (χ0v) is 11.2. The number of carbonyl (C=O) groups is 1. The Kier molecular flexibility index (Phi) is 5.25. The lowest BCUT2D eigenvalue weighted by atomic mass is 10.2. The third-order valence-electron chi connectivity index (χ3n) is 2.30. The molecule has 0 spiro atoms. The molecule has 0 aliphatic carbocycles. The van der Waals surface area contributed by atoms with Crippen LogP contribution < -0.4 is 9.47 Å². The summed E-state index contributed by atoms with van der Waals surface area (Å²) in [5, 5.41) is 9.31. The van der Waals surface area contributed by atoms with Gasteiger partial charge in [0.1, 0.15) is 0 Å². The van der Waals surface area contributed by atoms with Gasteiger partial charge in [-0.2, -0.15) is 0 Å². The van der Waals surface area contributed by atoms with E-state index in [1.807, 2.05) is 0 Å². The molecule has 0 fully saturated rings. The fraction of sp³-hybridized carbons (Fsp3) is 0.417. The predicted molar refractivity (Wildman–Crippen MR) is 66.0 cm³/mol. The van der Waals surface area contributed by atoms with Crippen LogP contribution in [0.3, 0.4) is 0 Å². The molecule has 0 bridgehead atoms. The molecule has 1 atom stereocenters. The first-order chi connectivity index (χ1) is 8.53. The number of halogens is 1. The third kappa shape index (κ3) is 3.27. The molecule has 0 heterocycles. The molecule has 0 saturated heterocycles. The van der Waals surface area contributed by atoms with Crippen molar-refractivity contribution in [1.29, 1.82) is 0 Å². The van der Waals surface area contributed by atoms with Gasteiger partial charge in [0.25, 0.3) is 0 Å². The molecule has 0 radical (unpaired) electrons. The summed E-state index contributed by atoms with van der Waals surface area (Å²) in [7, 11) is 2.72. The van der Waals surface area contributed by atoms with Crippen LogP contribution in [0.25, 0.3) is 0 Å². The molecule has 1 N–H and O–H groups in total. The molecule has 1 aromatic rings. The number of esters is 1. The summed E-state index contributed by atoms with van der Waals surface area (Å²) >= 11 is 6.02. The number of ether oxygens (including phenoxy) is 3. The zero-order chi connectivity index (χ0) is 13.7. The number of methoxy groups -OCH3 is 2. The van der Waals surface area contributed by atoms with Crippen molar-refractivity contribution in [3.63, 3.8) is 0 Å². The fourth-order valence-electron chi connectivity index (χ4n) is 1.37. The average Bonchev–Trinajstić information content (AvgIpc) is 2.39. The normalized spacial score (nSPS) is 11.8. The number of hydrogen-bond donors (Lipinski definition) is 1. The first-order valence-electron chi connectivity index (χ1n) is 5.25. The summed E-state index contributed by atoms with van der Waals surface area (Å²) in [4.78, 5) is 11.3. The molecule has 6 heteroatoms. The average molecular weight is 275 g/mol. The van der Waals surface area contributed by atoms with Crippen LogP contribution in [0.1, 0.15) is 12.5 Å². The number of aliphatic hydroxyl groups excluding tert-OH is 1. The van der Waals surface area contributed by atoms with Gasteiger partial charge in [-0.3, -0.25) is 0 Å². The molecule has 0 aliphatic rings. The SMILES string of the molecule is COC(=O)C(C)Oc1c(Cl)cc(CO)cc1OC. The second-order valence-electron chi connectivity index (χ2n) is 3.55. The number of hydrogen-bond acceptors (Lipinski definition) is 5. The van der Waals surface area contributed by atoms with E-state index >= 15 is 0 Å². The quantitative estimate of drug-likeness (QED) is 0.829. The Balaban J connectivity index is 3.04. The highest BCUT2D eigenvalue weighted by molar-refractivity contribution is 6.32. The molecule has 1 rings (SSSR count). The minimum absolute atomic E-state index is 0.164. The van der Waals surface area contributed by atoms with Gasteiger partial charge < -0.3 is 19.3 Å². The van der Waals surface area contributed by atoms with Crippen molar-refractivity contribution in [2.45, 2.75) is 19.6 Å². The molecule has 0 aromatic heterocycles. The van der Waals surface area contributed by atoms with E-state index < -0.39 is 12.1 Å². The highest BCUT2D eigenvalue weighted by atomic mass is 35.5. The van der Waals surface area contributed by atoms with E-state index in [0.29, 0.717) is 11.3 Å². The van der Waals surface area contributed by atoms with Crippen molar-refractivity contribution >= 4 is 17.6 Å². The minimum Gasteiger partial charge on any atom is -0.493 e. The fourth-order valence-corrected chi connectivity index (χ4v) is 1.65. The summed E-state index contributed by atoms with van der Waals surface area (Å²) in [6.07, 6.45) is -0.804. The lowest BCUT2D eigenvalue weighted by Crippen LogP contribution is -2.25. The summed E-state index contributed by atoms with van der Waals surface area (Å²) < 4.78 is 15.1. The van der Waals surface area contributed by atoms with Crippen LogP contribution in [0.4, 0.5) is 0 Å². The van der Waals surface area contributed by atoms with Crippen LogP contribution in [-0.4, -0.2) is 31.4 Å². The van der Waals surface area contributed by atoms with Gasteiger partial charge in [0.15, 0.2) is 17.6 Å². The monoisotopic (exact) mass is 274 g/mol. The highest BCUT2D eigenvalue weighted by Gasteiger charge is 2.20. The van der Waals surface area contributed by atoms with Gasteiger partial charge in [-0.1, -0.05) is 11.6 Å². The van der Waals surface area contributed by atoms with E-state index in [0.717, 1.165) is 0 Å². The lowest BCUT2D eigenvalue weighted by molar-refractivity contribution is -0.147. The molecular formula is C12H15ClO5. The third-order valence-corrected chi connectivity index (χ3v) is 2.58. The highest BCUT2D eigenvalue weighted by Crippen LogP contribution is 2.37. The van der Waals surface area contributed by atoms with Crippen LogP contribution in [0.5, 0.6) is 11.5 Å². The van der Waals surface area contributed by atoms with E-state index in [9.17, 15) is 4.79 Å². The van der Waals surface area contributed by atoms with Crippen molar-refractivity contribution in [1.82, 2.24) is 0 Å². The Hall–Kier alpha value is -1.46. The van der Waals surface area contributed by atoms with Crippen molar-refractivity contribution < 1.29 is 24.1 Å². The van der Waals surface area contributed by atoms with E-state index in [-0.39, 0.29) is 17.4 Å². The van der Waals surface area contributed by atoms with E-state index in [2.05, 4.69) is 4.74 Å². The van der Waals surface area contributed by atoms with Crippen LogP contribution in [-0.2, 0) is 16.1 Å². The number of carbonyl (C=O) groups excluding carboxylic acids is 1. The van der Waals surface area contributed by atoms with E-state index in [1.54, 1.807) is 19.1 Å². The van der Waals surface area contributed by atoms with Crippen LogP contribution in [0, 0.1) is 0 Å². The first kappa shape index (κ1) is 14.6. The summed E-state index contributed by atoms with van der Waals surface area (Å²) in [5.74, 6) is 0.0796. The molecule has 1 unspecified atom stereocenters. The Labute approximate surface area is 110 Å². The Morgan fingerprint density at radius 2 is 2.11 bits per heavy atom. The van der Waals surface area contributed by atoms with Gasteiger partial charge in [0, 0.05) is 0 Å². The van der Waals surface area contributed by atoms with Gasteiger partial charge in [-0.05, 0) is 24.6 Å². The summed E-state index contributed by atoms with van der Waals surface area (Å²) in [6.45, 7) is 1.38. The number of rotatable bonds is 5. The van der Waals surface area contributed by atoms with Crippen LogP contribution in [0.2, 0.25) is 5.02 Å². The smallest absolute Gasteiger partial charge is 0.346 e. The number of benzene rings is 1. The standard InChI is InChI=1S/C12H15ClO5/c1-7(12(15)17-3)18-11-9(13)4-8(6-14)5-10(11)16-2/h4-5,7,14H,6H2,1-3H3.